The molecule has 0 amide bonds. The van der Waals surface area contributed by atoms with Crippen LogP contribution in [0, 0.1) is 5.82 Å². The second-order valence-corrected chi connectivity index (χ2v) is 9.93. The lowest BCUT2D eigenvalue weighted by molar-refractivity contribution is -0.137. The van der Waals surface area contributed by atoms with Crippen molar-refractivity contribution in [1.29, 1.82) is 0 Å². The van der Waals surface area contributed by atoms with Gasteiger partial charge in [-0.1, -0.05) is 67.4 Å². The Morgan fingerprint density at radius 2 is 1.62 bits per heavy atom. The first-order chi connectivity index (χ1) is 15.0. The third-order valence-electron chi connectivity index (χ3n) is 4.86. The SMILES string of the molecule is CC(=C\C=C(/C)c1cc(C(F)(F)F)ccc1F)/C=C(\C)SC(=S)CCCCCCCCN. The fourth-order valence-corrected chi connectivity index (χ4v) is 4.49. The lowest BCUT2D eigenvalue weighted by atomic mass is 10.0. The summed E-state index contributed by atoms with van der Waals surface area (Å²) in [7, 11) is 0. The van der Waals surface area contributed by atoms with Crippen LogP contribution < -0.4 is 5.73 Å². The van der Waals surface area contributed by atoms with Crippen molar-refractivity contribution in [3.63, 3.8) is 0 Å². The van der Waals surface area contributed by atoms with E-state index in [2.05, 4.69) is 0 Å². The molecule has 0 spiro atoms. The molecule has 32 heavy (non-hydrogen) atoms. The quantitative estimate of drug-likeness (QED) is 0.138. The van der Waals surface area contributed by atoms with Crippen molar-refractivity contribution in [2.24, 2.45) is 5.73 Å². The third kappa shape index (κ3) is 11.4. The summed E-state index contributed by atoms with van der Waals surface area (Å²) in [6.45, 7) is 6.22. The topological polar surface area (TPSA) is 26.0 Å². The molecular weight excluding hydrogens is 454 g/mol. The van der Waals surface area contributed by atoms with E-state index in [0.717, 1.165) is 58.7 Å². The molecule has 0 aromatic heterocycles. The molecule has 0 heterocycles. The molecule has 0 saturated heterocycles. The number of thioether (sulfide) groups is 1. The van der Waals surface area contributed by atoms with Crippen LogP contribution in [0.1, 0.15) is 76.8 Å². The van der Waals surface area contributed by atoms with E-state index in [1.54, 1.807) is 30.8 Å². The lowest BCUT2D eigenvalue weighted by Crippen LogP contribution is -2.06. The Balaban J connectivity index is 2.63. The van der Waals surface area contributed by atoms with Crippen molar-refractivity contribution < 1.29 is 17.6 Å². The first-order valence-corrected chi connectivity index (χ1v) is 12.1. The molecule has 0 aliphatic carbocycles. The second-order valence-electron chi connectivity index (χ2n) is 7.84. The number of hydrogen-bond donors (Lipinski definition) is 1. The number of thiocarbonyl (C=S) groups is 1. The number of hydrogen-bond acceptors (Lipinski definition) is 3. The lowest BCUT2D eigenvalue weighted by Gasteiger charge is -2.10. The van der Waals surface area contributed by atoms with Crippen molar-refractivity contribution in [2.45, 2.75) is 71.9 Å². The Hall–Kier alpha value is -1.44. The third-order valence-corrected chi connectivity index (χ3v) is 6.18. The van der Waals surface area contributed by atoms with Gasteiger partial charge < -0.3 is 5.73 Å². The zero-order valence-corrected chi connectivity index (χ0v) is 20.7. The maximum atomic E-state index is 14.0. The Morgan fingerprint density at radius 1 is 1.00 bits per heavy atom. The van der Waals surface area contributed by atoms with E-state index < -0.39 is 17.6 Å². The fraction of sp³-hybridized carbons (Fsp3) is 0.480. The van der Waals surface area contributed by atoms with Crippen molar-refractivity contribution in [2.75, 3.05) is 6.54 Å². The average Bonchev–Trinajstić information content (AvgIpc) is 2.70. The van der Waals surface area contributed by atoms with Gasteiger partial charge in [-0.15, -0.1) is 0 Å². The van der Waals surface area contributed by atoms with E-state index >= 15 is 0 Å². The van der Waals surface area contributed by atoms with Crippen molar-refractivity contribution in [1.82, 2.24) is 0 Å². The van der Waals surface area contributed by atoms with Crippen molar-refractivity contribution >= 4 is 33.7 Å². The average molecular weight is 488 g/mol. The molecule has 7 heteroatoms. The van der Waals surface area contributed by atoms with Gasteiger partial charge in [0.1, 0.15) is 5.82 Å². The summed E-state index contributed by atoms with van der Waals surface area (Å²) in [5.41, 5.74) is 5.91. The second kappa shape index (κ2) is 14.7. The Labute approximate surface area is 199 Å². The molecule has 178 valence electrons. The predicted octanol–water partition coefficient (Wildman–Crippen LogP) is 8.85. The van der Waals surface area contributed by atoms with E-state index in [9.17, 15) is 17.6 Å². The molecule has 1 nitrogen and oxygen atoms in total. The van der Waals surface area contributed by atoms with Crippen LogP contribution >= 0.6 is 24.0 Å². The predicted molar refractivity (Wildman–Crippen MR) is 134 cm³/mol. The highest BCUT2D eigenvalue weighted by atomic mass is 32.2. The highest BCUT2D eigenvalue weighted by Gasteiger charge is 2.31. The molecule has 1 aromatic rings. The maximum absolute atomic E-state index is 14.0. The van der Waals surface area contributed by atoms with Crippen LogP contribution in [0.2, 0.25) is 0 Å². The molecule has 0 aliphatic heterocycles. The van der Waals surface area contributed by atoms with Gasteiger partial charge in [-0.25, -0.2) is 4.39 Å². The van der Waals surface area contributed by atoms with Gasteiger partial charge in [-0.05, 0) is 81.3 Å². The summed E-state index contributed by atoms with van der Waals surface area (Å²) in [6, 6.07) is 2.45. The van der Waals surface area contributed by atoms with Gasteiger partial charge in [-0.3, -0.25) is 0 Å². The summed E-state index contributed by atoms with van der Waals surface area (Å²) >= 11 is 7.04. The van der Waals surface area contributed by atoms with Crippen LogP contribution in [-0.4, -0.2) is 10.7 Å². The van der Waals surface area contributed by atoms with E-state index in [1.165, 1.54) is 25.7 Å². The monoisotopic (exact) mass is 487 g/mol. The van der Waals surface area contributed by atoms with Crippen LogP contribution in [0.5, 0.6) is 0 Å². The molecule has 0 atom stereocenters. The molecular formula is C25H33F4NS2. The Morgan fingerprint density at radius 3 is 2.25 bits per heavy atom. The first-order valence-electron chi connectivity index (χ1n) is 10.9. The molecule has 0 fully saturated rings. The number of benzene rings is 1. The van der Waals surface area contributed by atoms with Gasteiger partial charge in [0.15, 0.2) is 0 Å². The summed E-state index contributed by atoms with van der Waals surface area (Å²) in [5, 5.41) is 0. The Bertz CT molecular complexity index is 839. The van der Waals surface area contributed by atoms with E-state index in [1.807, 2.05) is 19.9 Å². The van der Waals surface area contributed by atoms with Gasteiger partial charge in [0.05, 0.1) is 9.76 Å². The largest absolute Gasteiger partial charge is 0.416 e. The highest BCUT2D eigenvalue weighted by Crippen LogP contribution is 2.32. The molecule has 1 aromatic carbocycles. The van der Waals surface area contributed by atoms with E-state index in [4.69, 9.17) is 18.0 Å². The zero-order valence-electron chi connectivity index (χ0n) is 19.0. The maximum Gasteiger partial charge on any atom is 0.416 e. The van der Waals surface area contributed by atoms with Gasteiger partial charge >= 0.3 is 6.18 Å². The van der Waals surface area contributed by atoms with Gasteiger partial charge in [-0.2, -0.15) is 13.2 Å². The van der Waals surface area contributed by atoms with Crippen LogP contribution in [0.3, 0.4) is 0 Å². The van der Waals surface area contributed by atoms with Crippen molar-refractivity contribution in [3.8, 4) is 0 Å². The highest BCUT2D eigenvalue weighted by molar-refractivity contribution is 8.25. The summed E-state index contributed by atoms with van der Waals surface area (Å²) in [6.07, 6.45) is 8.73. The molecule has 0 unspecified atom stereocenters. The van der Waals surface area contributed by atoms with Gasteiger partial charge in [0, 0.05) is 5.56 Å². The molecule has 0 saturated carbocycles. The smallest absolute Gasteiger partial charge is 0.330 e. The molecule has 2 N–H and O–H groups in total. The Kier molecular flexibility index (Phi) is 13.1. The van der Waals surface area contributed by atoms with Gasteiger partial charge in [0.2, 0.25) is 0 Å². The standard InChI is InChI=1S/C25H33F4NS2/c1-18(16-20(3)32-24(31)10-8-6-4-5-7-9-15-30)11-12-19(2)22-17-21(25(27,28)29)13-14-23(22)26/h11-14,16-17H,4-10,15,30H2,1-3H3/b18-11+,19-12+,20-16+. The van der Waals surface area contributed by atoms with Crippen LogP contribution in [0.4, 0.5) is 17.6 Å². The van der Waals surface area contributed by atoms with Crippen LogP contribution in [0.25, 0.3) is 5.57 Å². The number of nitrogens with two attached hydrogens (primary N) is 1. The molecule has 1 rings (SSSR count). The number of halogens is 4. The molecule has 0 radical (unpaired) electrons. The number of rotatable bonds is 12. The van der Waals surface area contributed by atoms with Crippen LogP contribution in [0.15, 0.2) is 46.9 Å². The number of unbranched alkanes of at least 4 members (excludes halogenated alkanes) is 5. The van der Waals surface area contributed by atoms with E-state index in [-0.39, 0.29) is 5.56 Å². The molecule has 0 bridgehead atoms. The van der Waals surface area contributed by atoms with Crippen LogP contribution in [-0.2, 0) is 6.18 Å². The number of allylic oxidation sites excluding steroid dienone is 6. The minimum atomic E-state index is -4.51. The van der Waals surface area contributed by atoms with Gasteiger partial charge in [0.25, 0.3) is 0 Å². The number of alkyl halides is 3. The summed E-state index contributed by atoms with van der Waals surface area (Å²) in [4.78, 5) is 1.04. The zero-order chi connectivity index (χ0) is 24.1. The first kappa shape index (κ1) is 28.6. The minimum Gasteiger partial charge on any atom is -0.330 e. The van der Waals surface area contributed by atoms with E-state index in [0.29, 0.717) is 5.57 Å². The summed E-state index contributed by atoms with van der Waals surface area (Å²) in [5.74, 6) is -0.676. The minimum absolute atomic E-state index is 0.0526. The van der Waals surface area contributed by atoms with Crippen molar-refractivity contribution in [3.05, 3.63) is 63.8 Å². The summed E-state index contributed by atoms with van der Waals surface area (Å²) < 4.78 is 53.7. The fourth-order valence-electron chi connectivity index (χ4n) is 3.10. The normalized spacial score (nSPS) is 13.6. The molecule has 0 aliphatic rings.